The van der Waals surface area contributed by atoms with Crippen LogP contribution in [0.2, 0.25) is 0 Å². The van der Waals surface area contributed by atoms with Gasteiger partial charge in [0.2, 0.25) is 11.0 Å². The number of benzene rings is 1. The molecule has 1 amide bonds. The topological polar surface area (TPSA) is 86.1 Å². The van der Waals surface area contributed by atoms with E-state index in [4.69, 9.17) is 4.74 Å². The molecule has 0 radical (unpaired) electrons. The number of nitrogens with zero attached hydrogens (tertiary/aromatic N) is 3. The molecule has 30 heavy (non-hydrogen) atoms. The van der Waals surface area contributed by atoms with E-state index in [0.29, 0.717) is 22.3 Å². The van der Waals surface area contributed by atoms with Gasteiger partial charge in [0.1, 0.15) is 16.8 Å². The van der Waals surface area contributed by atoms with Crippen LogP contribution in [0.4, 0.5) is 5.13 Å². The molecule has 0 saturated heterocycles. The number of pyridine rings is 1. The molecule has 2 aromatic heterocycles. The molecule has 1 N–H and O–H groups in total. The summed E-state index contributed by atoms with van der Waals surface area (Å²) in [6.45, 7) is 3.59. The summed E-state index contributed by atoms with van der Waals surface area (Å²) in [7, 11) is 1.56. The molecule has 2 heterocycles. The van der Waals surface area contributed by atoms with Gasteiger partial charge in [-0.3, -0.25) is 19.5 Å². The Kier molecular flexibility index (Phi) is 5.85. The van der Waals surface area contributed by atoms with Crippen LogP contribution in [-0.2, 0) is 4.79 Å². The molecule has 8 heteroatoms. The first-order valence-electron chi connectivity index (χ1n) is 10.3. The number of fused-ring (bicyclic) bond motifs is 1. The number of hydrogen-bond donors (Lipinski definition) is 1. The molecule has 1 unspecified atom stereocenters. The third-order valence-electron chi connectivity index (χ3n) is 5.85. The second kappa shape index (κ2) is 8.55. The average molecular weight is 427 g/mol. The third kappa shape index (κ3) is 3.84. The Morgan fingerprint density at radius 2 is 2.03 bits per heavy atom. The zero-order valence-electron chi connectivity index (χ0n) is 17.5. The summed E-state index contributed by atoms with van der Waals surface area (Å²) in [4.78, 5) is 25.8. The number of hydrogen-bond acceptors (Lipinski definition) is 6. The fraction of sp³-hybridized carbons (Fsp3) is 0.455. The van der Waals surface area contributed by atoms with Crippen LogP contribution < -0.4 is 15.6 Å². The van der Waals surface area contributed by atoms with Crippen molar-refractivity contribution in [2.45, 2.75) is 57.9 Å². The van der Waals surface area contributed by atoms with Gasteiger partial charge in [-0.1, -0.05) is 42.7 Å². The summed E-state index contributed by atoms with van der Waals surface area (Å²) in [6, 6.07) is 6.41. The molecule has 158 valence electrons. The molecule has 1 fully saturated rings. The highest BCUT2D eigenvalue weighted by Gasteiger charge is 2.24. The van der Waals surface area contributed by atoms with Crippen LogP contribution in [0, 0.1) is 6.92 Å². The maximum Gasteiger partial charge on any atom is 0.252 e. The fourth-order valence-electron chi connectivity index (χ4n) is 4.21. The molecule has 7 nitrogen and oxygen atoms in total. The minimum Gasteiger partial charge on any atom is -0.495 e. The maximum atomic E-state index is 13.0. The molecule has 1 saturated carbocycles. The van der Waals surface area contributed by atoms with E-state index in [0.717, 1.165) is 28.8 Å². The normalized spacial score (nSPS) is 15.8. The number of aryl methyl sites for hydroxylation is 1. The zero-order valence-corrected chi connectivity index (χ0v) is 18.3. The van der Waals surface area contributed by atoms with Crippen molar-refractivity contribution in [2.75, 3.05) is 12.4 Å². The van der Waals surface area contributed by atoms with Crippen molar-refractivity contribution < 1.29 is 9.53 Å². The number of ether oxygens (including phenoxy) is 1. The van der Waals surface area contributed by atoms with Crippen LogP contribution in [0.25, 0.3) is 10.9 Å². The standard InChI is InChI=1S/C22H26N4O3S/c1-13-12-18(27)26(19-16(13)10-7-11-17(19)29-3)14(2)20(28)23-22-25-24-21(30-22)15-8-5-4-6-9-15/h7,10-12,14-15H,4-6,8-9H2,1-3H3,(H,23,25,28). The first-order chi connectivity index (χ1) is 14.5. The van der Waals surface area contributed by atoms with E-state index in [-0.39, 0.29) is 11.5 Å². The molecule has 1 aromatic carbocycles. The number of para-hydroxylation sites is 1. The smallest absolute Gasteiger partial charge is 0.252 e. The van der Waals surface area contributed by atoms with Crippen molar-refractivity contribution in [3.05, 3.63) is 45.2 Å². The molecule has 1 atom stereocenters. The van der Waals surface area contributed by atoms with Crippen LogP contribution in [0.3, 0.4) is 0 Å². The summed E-state index contributed by atoms with van der Waals surface area (Å²) < 4.78 is 6.97. The number of nitrogens with one attached hydrogen (secondary N) is 1. The van der Waals surface area contributed by atoms with E-state index < -0.39 is 6.04 Å². The van der Waals surface area contributed by atoms with Gasteiger partial charge >= 0.3 is 0 Å². The number of rotatable bonds is 5. The van der Waals surface area contributed by atoms with Crippen molar-refractivity contribution in [3.8, 4) is 5.75 Å². The second-order valence-corrected chi connectivity index (χ2v) is 8.85. The van der Waals surface area contributed by atoms with Gasteiger partial charge < -0.3 is 4.74 Å². The number of carbonyl (C=O) groups is 1. The van der Waals surface area contributed by atoms with Gasteiger partial charge in [-0.2, -0.15) is 0 Å². The molecule has 0 bridgehead atoms. The Morgan fingerprint density at radius 3 is 2.77 bits per heavy atom. The molecule has 1 aliphatic rings. The van der Waals surface area contributed by atoms with Crippen LogP contribution in [0.1, 0.15) is 61.6 Å². The minimum absolute atomic E-state index is 0.243. The highest BCUT2D eigenvalue weighted by atomic mass is 32.1. The fourth-order valence-corrected chi connectivity index (χ4v) is 5.12. The molecular weight excluding hydrogens is 400 g/mol. The summed E-state index contributed by atoms with van der Waals surface area (Å²) in [5, 5.41) is 13.6. The van der Waals surface area contributed by atoms with Gasteiger partial charge in [0, 0.05) is 17.4 Å². The highest BCUT2D eigenvalue weighted by Crippen LogP contribution is 2.35. The Hall–Kier alpha value is -2.74. The number of anilines is 1. The molecule has 3 aromatic rings. The quantitative estimate of drug-likeness (QED) is 0.653. The number of carbonyl (C=O) groups excluding carboxylic acids is 1. The first-order valence-corrected chi connectivity index (χ1v) is 11.1. The van der Waals surface area contributed by atoms with Crippen molar-refractivity contribution >= 4 is 33.3 Å². The lowest BCUT2D eigenvalue weighted by Crippen LogP contribution is -2.32. The average Bonchev–Trinajstić information content (AvgIpc) is 3.22. The minimum atomic E-state index is -0.737. The SMILES string of the molecule is COc1cccc2c(C)cc(=O)n(C(C)C(=O)Nc3nnc(C4CCCCC4)s3)c12. The molecule has 0 aliphatic heterocycles. The largest absolute Gasteiger partial charge is 0.495 e. The third-order valence-corrected chi connectivity index (χ3v) is 6.86. The first kappa shape index (κ1) is 20.5. The van der Waals surface area contributed by atoms with Gasteiger partial charge in [0.15, 0.2) is 0 Å². The summed E-state index contributed by atoms with van der Waals surface area (Å²) >= 11 is 1.43. The molecule has 0 spiro atoms. The van der Waals surface area contributed by atoms with Gasteiger partial charge in [-0.05, 0) is 38.3 Å². The van der Waals surface area contributed by atoms with Gasteiger partial charge in [0.25, 0.3) is 5.56 Å². The van der Waals surface area contributed by atoms with Crippen molar-refractivity contribution in [2.24, 2.45) is 0 Å². The molecule has 1 aliphatic carbocycles. The predicted octanol–water partition coefficient (Wildman–Crippen LogP) is 4.42. The van der Waals surface area contributed by atoms with E-state index in [1.165, 1.54) is 35.2 Å². The predicted molar refractivity (Wildman–Crippen MR) is 119 cm³/mol. The lowest BCUT2D eigenvalue weighted by Gasteiger charge is -2.19. The van der Waals surface area contributed by atoms with E-state index in [1.54, 1.807) is 26.2 Å². The lowest BCUT2D eigenvalue weighted by atomic mass is 9.90. The zero-order chi connectivity index (χ0) is 21.3. The van der Waals surface area contributed by atoms with Crippen LogP contribution in [0.15, 0.2) is 29.1 Å². The Balaban J connectivity index is 1.63. The monoisotopic (exact) mass is 426 g/mol. The summed E-state index contributed by atoms with van der Waals surface area (Å²) in [5.74, 6) is 0.690. The number of amides is 1. The van der Waals surface area contributed by atoms with E-state index >= 15 is 0 Å². The Labute approximate surface area is 179 Å². The van der Waals surface area contributed by atoms with E-state index in [2.05, 4.69) is 15.5 Å². The van der Waals surface area contributed by atoms with Gasteiger partial charge in [-0.25, -0.2) is 0 Å². The van der Waals surface area contributed by atoms with Crippen LogP contribution in [0.5, 0.6) is 5.75 Å². The van der Waals surface area contributed by atoms with Crippen LogP contribution in [-0.4, -0.2) is 27.8 Å². The maximum absolute atomic E-state index is 13.0. The lowest BCUT2D eigenvalue weighted by molar-refractivity contribution is -0.118. The Morgan fingerprint density at radius 1 is 1.27 bits per heavy atom. The Bertz CT molecular complexity index is 1130. The van der Waals surface area contributed by atoms with Gasteiger partial charge in [-0.15, -0.1) is 10.2 Å². The van der Waals surface area contributed by atoms with Gasteiger partial charge in [0.05, 0.1) is 12.6 Å². The second-order valence-electron chi connectivity index (χ2n) is 7.84. The highest BCUT2D eigenvalue weighted by molar-refractivity contribution is 7.15. The van der Waals surface area contributed by atoms with E-state index in [1.807, 2.05) is 19.1 Å². The molecule has 4 rings (SSSR count). The number of methoxy groups -OCH3 is 1. The van der Waals surface area contributed by atoms with Crippen molar-refractivity contribution in [3.63, 3.8) is 0 Å². The van der Waals surface area contributed by atoms with Crippen molar-refractivity contribution in [1.82, 2.24) is 14.8 Å². The summed E-state index contributed by atoms with van der Waals surface area (Å²) in [5.41, 5.74) is 1.22. The van der Waals surface area contributed by atoms with E-state index in [9.17, 15) is 9.59 Å². The molecular formula is C22H26N4O3S. The summed E-state index contributed by atoms with van der Waals surface area (Å²) in [6.07, 6.45) is 5.97. The number of aromatic nitrogens is 3. The van der Waals surface area contributed by atoms with Crippen LogP contribution >= 0.6 is 11.3 Å². The van der Waals surface area contributed by atoms with Crippen molar-refractivity contribution in [1.29, 1.82) is 0 Å².